The van der Waals surface area contributed by atoms with Gasteiger partial charge in [0.2, 0.25) is 0 Å². The first-order valence-electron chi connectivity index (χ1n) is 10.2. The molecule has 1 amide bonds. The quantitative estimate of drug-likeness (QED) is 0.417. The van der Waals surface area contributed by atoms with Gasteiger partial charge < -0.3 is 4.90 Å². The fourth-order valence-corrected chi connectivity index (χ4v) is 4.55. The van der Waals surface area contributed by atoms with Crippen molar-refractivity contribution in [1.82, 2.24) is 9.88 Å². The van der Waals surface area contributed by atoms with Gasteiger partial charge in [-0.05, 0) is 55.8 Å². The molecule has 160 valence electrons. The van der Waals surface area contributed by atoms with Gasteiger partial charge >= 0.3 is 0 Å². The van der Waals surface area contributed by atoms with Crippen LogP contribution in [0.25, 0.3) is 16.3 Å². The number of halogens is 1. The monoisotopic (exact) mass is 443 g/mol. The van der Waals surface area contributed by atoms with E-state index in [1.54, 1.807) is 17.4 Å². The molecule has 0 spiro atoms. The normalized spacial score (nSPS) is 11.2. The molecule has 1 heterocycles. The van der Waals surface area contributed by atoms with Gasteiger partial charge in [-0.2, -0.15) is 0 Å². The smallest absolute Gasteiger partial charge is 0.252 e. The molecule has 0 saturated carbocycles. The number of carbonyl (C=O) groups is 1. The second kappa shape index (κ2) is 11.3. The summed E-state index contributed by atoms with van der Waals surface area (Å²) >= 11 is 1.59. The van der Waals surface area contributed by atoms with E-state index in [9.17, 15) is 4.79 Å². The molecule has 4 nitrogen and oxygen atoms in total. The summed E-state index contributed by atoms with van der Waals surface area (Å²) in [6.07, 6.45) is 3.53. The van der Waals surface area contributed by atoms with E-state index in [-0.39, 0.29) is 18.3 Å². The third kappa shape index (κ3) is 5.91. The third-order valence-electron chi connectivity index (χ3n) is 5.07. The van der Waals surface area contributed by atoms with Crippen molar-refractivity contribution in [3.63, 3.8) is 0 Å². The number of benzene rings is 2. The molecule has 0 atom stereocenters. The highest BCUT2D eigenvalue weighted by Crippen LogP contribution is 2.32. The van der Waals surface area contributed by atoms with Crippen LogP contribution in [0.4, 0.5) is 5.13 Å². The molecule has 0 radical (unpaired) electrons. The second-order valence-electron chi connectivity index (χ2n) is 7.19. The lowest BCUT2D eigenvalue weighted by atomic mass is 10.1. The molecule has 0 bridgehead atoms. The van der Waals surface area contributed by atoms with E-state index in [0.717, 1.165) is 46.1 Å². The van der Waals surface area contributed by atoms with E-state index in [2.05, 4.69) is 44.7 Å². The van der Waals surface area contributed by atoms with Crippen LogP contribution in [0.15, 0.2) is 48.5 Å². The number of carbonyl (C=O) groups excluding carboxylic acids is 1. The summed E-state index contributed by atoms with van der Waals surface area (Å²) in [5.74, 6) is -0.0329. The maximum Gasteiger partial charge on any atom is 0.252 e. The van der Waals surface area contributed by atoms with Crippen molar-refractivity contribution in [2.45, 2.75) is 27.7 Å². The summed E-state index contributed by atoms with van der Waals surface area (Å²) in [4.78, 5) is 22.1. The van der Waals surface area contributed by atoms with E-state index >= 15 is 0 Å². The maximum atomic E-state index is 13.1. The standard InChI is InChI=1S/C24H29N3OS.ClH/c1-5-26(6-2)14-15-27(22(28)13-12-20-10-8-7-9-11-20)24-25-23-19(4)16-18(3)17-21(23)29-24;/h7-13,16-17H,5-6,14-15H2,1-4H3;1H. The summed E-state index contributed by atoms with van der Waals surface area (Å²) in [6.45, 7) is 11.9. The first-order valence-corrected chi connectivity index (χ1v) is 11.0. The van der Waals surface area contributed by atoms with Gasteiger partial charge in [0.1, 0.15) is 0 Å². The van der Waals surface area contributed by atoms with Gasteiger partial charge in [0.25, 0.3) is 5.91 Å². The molecule has 0 aliphatic carbocycles. The van der Waals surface area contributed by atoms with Crippen molar-refractivity contribution in [3.05, 3.63) is 65.2 Å². The van der Waals surface area contributed by atoms with Crippen LogP contribution in [-0.4, -0.2) is 42.0 Å². The molecule has 0 aliphatic heterocycles. The molecule has 0 aliphatic rings. The SMILES string of the molecule is CCN(CC)CCN(C(=O)C=Cc1ccccc1)c1nc2c(C)cc(C)cc2s1.Cl. The van der Waals surface area contributed by atoms with E-state index < -0.39 is 0 Å². The van der Waals surface area contributed by atoms with Crippen molar-refractivity contribution in [2.75, 3.05) is 31.1 Å². The Balaban J connectivity index is 0.00000320. The largest absolute Gasteiger partial charge is 0.302 e. The van der Waals surface area contributed by atoms with Crippen LogP contribution in [-0.2, 0) is 4.79 Å². The minimum atomic E-state index is -0.0329. The molecular weight excluding hydrogens is 414 g/mol. The average molecular weight is 444 g/mol. The van der Waals surface area contributed by atoms with Gasteiger partial charge in [0.05, 0.1) is 10.2 Å². The summed E-state index contributed by atoms with van der Waals surface area (Å²) < 4.78 is 1.13. The number of likely N-dealkylation sites (N-methyl/N-ethyl adjacent to an activating group) is 1. The van der Waals surface area contributed by atoms with Crippen LogP contribution < -0.4 is 4.90 Å². The molecule has 30 heavy (non-hydrogen) atoms. The van der Waals surface area contributed by atoms with Crippen LogP contribution in [0.1, 0.15) is 30.5 Å². The number of nitrogens with zero attached hydrogens (tertiary/aromatic N) is 3. The van der Waals surface area contributed by atoms with Gasteiger partial charge in [-0.15, -0.1) is 12.4 Å². The van der Waals surface area contributed by atoms with Gasteiger partial charge in [-0.1, -0.05) is 61.6 Å². The Morgan fingerprint density at radius 2 is 1.77 bits per heavy atom. The van der Waals surface area contributed by atoms with Gasteiger partial charge in [0.15, 0.2) is 5.13 Å². The number of anilines is 1. The van der Waals surface area contributed by atoms with Crippen LogP contribution in [0, 0.1) is 13.8 Å². The van der Waals surface area contributed by atoms with Crippen molar-refractivity contribution in [1.29, 1.82) is 0 Å². The number of thiazole rings is 1. The summed E-state index contributed by atoms with van der Waals surface area (Å²) in [7, 11) is 0. The third-order valence-corrected chi connectivity index (χ3v) is 6.09. The predicted molar refractivity (Wildman–Crippen MR) is 132 cm³/mol. The minimum Gasteiger partial charge on any atom is -0.302 e. The first kappa shape index (κ1) is 24.1. The highest BCUT2D eigenvalue weighted by Gasteiger charge is 2.19. The zero-order valence-electron chi connectivity index (χ0n) is 18.1. The Hall–Kier alpha value is -2.21. The first-order chi connectivity index (χ1) is 14.0. The molecule has 3 aromatic rings. The molecule has 0 fully saturated rings. The zero-order valence-corrected chi connectivity index (χ0v) is 19.7. The lowest BCUT2D eigenvalue weighted by Crippen LogP contribution is -2.38. The van der Waals surface area contributed by atoms with Crippen LogP contribution in [0.5, 0.6) is 0 Å². The molecule has 0 saturated heterocycles. The van der Waals surface area contributed by atoms with Crippen molar-refractivity contribution in [2.24, 2.45) is 0 Å². The van der Waals surface area contributed by atoms with Gasteiger partial charge in [-0.3, -0.25) is 9.69 Å². The number of amides is 1. The van der Waals surface area contributed by atoms with Crippen molar-refractivity contribution >= 4 is 51.1 Å². The van der Waals surface area contributed by atoms with E-state index in [1.807, 2.05) is 41.3 Å². The Morgan fingerprint density at radius 1 is 1.07 bits per heavy atom. The zero-order chi connectivity index (χ0) is 20.8. The number of aryl methyl sites for hydroxylation is 2. The Kier molecular flexibility index (Phi) is 9.03. The average Bonchev–Trinajstić information content (AvgIpc) is 3.14. The number of fused-ring (bicyclic) bond motifs is 1. The molecule has 1 aromatic heterocycles. The highest BCUT2D eigenvalue weighted by atomic mass is 35.5. The summed E-state index contributed by atoms with van der Waals surface area (Å²) in [5.41, 5.74) is 4.37. The predicted octanol–water partition coefficient (Wildman–Crippen LogP) is 5.72. The van der Waals surface area contributed by atoms with E-state index in [4.69, 9.17) is 4.98 Å². The molecule has 3 rings (SSSR count). The molecule has 0 unspecified atom stereocenters. The van der Waals surface area contributed by atoms with Crippen molar-refractivity contribution in [3.8, 4) is 0 Å². The van der Waals surface area contributed by atoms with Crippen molar-refractivity contribution < 1.29 is 4.79 Å². The summed E-state index contributed by atoms with van der Waals surface area (Å²) in [6, 6.07) is 14.2. The van der Waals surface area contributed by atoms with E-state index in [1.165, 1.54) is 5.56 Å². The topological polar surface area (TPSA) is 36.4 Å². The Morgan fingerprint density at radius 3 is 2.43 bits per heavy atom. The minimum absolute atomic E-state index is 0. The Bertz CT molecular complexity index is 996. The lowest BCUT2D eigenvalue weighted by Gasteiger charge is -2.23. The number of aromatic nitrogens is 1. The number of rotatable bonds is 8. The molecule has 2 aromatic carbocycles. The van der Waals surface area contributed by atoms with Crippen LogP contribution in [0.2, 0.25) is 0 Å². The second-order valence-corrected chi connectivity index (χ2v) is 8.19. The molecular formula is C24H30ClN3OS. The van der Waals surface area contributed by atoms with Gasteiger partial charge in [0, 0.05) is 19.2 Å². The maximum absolute atomic E-state index is 13.1. The molecule has 6 heteroatoms. The Labute approximate surface area is 189 Å². The molecule has 0 N–H and O–H groups in total. The number of hydrogen-bond donors (Lipinski definition) is 0. The van der Waals surface area contributed by atoms with Crippen LogP contribution >= 0.6 is 23.7 Å². The number of hydrogen-bond acceptors (Lipinski definition) is 4. The summed E-state index contributed by atoms with van der Waals surface area (Å²) in [5, 5.41) is 0.767. The fraction of sp³-hybridized carbons (Fsp3) is 0.333. The fourth-order valence-electron chi connectivity index (χ4n) is 3.38. The van der Waals surface area contributed by atoms with E-state index in [0.29, 0.717) is 6.54 Å². The van der Waals surface area contributed by atoms with Gasteiger partial charge in [-0.25, -0.2) is 4.98 Å². The lowest BCUT2D eigenvalue weighted by molar-refractivity contribution is -0.114. The van der Waals surface area contributed by atoms with Crippen LogP contribution in [0.3, 0.4) is 0 Å². The highest BCUT2D eigenvalue weighted by molar-refractivity contribution is 7.22.